The first-order valence-electron chi connectivity index (χ1n) is 3.91. The standard InChI is InChI=1S/C8H9F2N3O/c1-8(9,10)4-12-7(14)6-2-3-11-5-13-6/h2-3,5H,4H2,1H3,(H,12,14). The minimum Gasteiger partial charge on any atom is -0.345 e. The number of nitrogens with one attached hydrogen (secondary N) is 1. The van der Waals surface area contributed by atoms with Crippen LogP contribution < -0.4 is 5.32 Å². The van der Waals surface area contributed by atoms with Crippen LogP contribution in [0.2, 0.25) is 0 Å². The van der Waals surface area contributed by atoms with E-state index in [1.54, 1.807) is 0 Å². The molecule has 0 aromatic carbocycles. The molecule has 0 radical (unpaired) electrons. The van der Waals surface area contributed by atoms with Crippen molar-refractivity contribution in [3.05, 3.63) is 24.3 Å². The van der Waals surface area contributed by atoms with Crippen molar-refractivity contribution in [1.29, 1.82) is 0 Å². The second kappa shape index (κ2) is 4.08. The molecular formula is C8H9F2N3O. The summed E-state index contributed by atoms with van der Waals surface area (Å²) >= 11 is 0. The van der Waals surface area contributed by atoms with Crippen LogP contribution in [0, 0.1) is 0 Å². The van der Waals surface area contributed by atoms with Gasteiger partial charge in [0.25, 0.3) is 11.8 Å². The molecule has 1 amide bonds. The number of hydrogen-bond acceptors (Lipinski definition) is 3. The van der Waals surface area contributed by atoms with Crippen molar-refractivity contribution in [3.8, 4) is 0 Å². The number of rotatable bonds is 3. The Morgan fingerprint density at radius 3 is 2.86 bits per heavy atom. The zero-order valence-electron chi connectivity index (χ0n) is 7.50. The predicted octanol–water partition coefficient (Wildman–Crippen LogP) is 0.862. The van der Waals surface area contributed by atoms with Crippen LogP contribution >= 0.6 is 0 Å². The van der Waals surface area contributed by atoms with Crippen LogP contribution in [-0.2, 0) is 0 Å². The third-order valence-electron chi connectivity index (χ3n) is 1.37. The van der Waals surface area contributed by atoms with E-state index in [9.17, 15) is 13.6 Å². The number of halogens is 2. The Balaban J connectivity index is 2.52. The molecule has 0 aliphatic rings. The zero-order valence-corrected chi connectivity index (χ0v) is 7.50. The van der Waals surface area contributed by atoms with Gasteiger partial charge in [0.05, 0.1) is 6.54 Å². The van der Waals surface area contributed by atoms with Crippen LogP contribution in [0.3, 0.4) is 0 Å². The van der Waals surface area contributed by atoms with Gasteiger partial charge in [-0.05, 0) is 6.07 Å². The number of carbonyl (C=O) groups is 1. The molecule has 76 valence electrons. The highest BCUT2D eigenvalue weighted by atomic mass is 19.3. The lowest BCUT2D eigenvalue weighted by Crippen LogP contribution is -2.34. The van der Waals surface area contributed by atoms with E-state index >= 15 is 0 Å². The van der Waals surface area contributed by atoms with Crippen LogP contribution in [0.25, 0.3) is 0 Å². The monoisotopic (exact) mass is 201 g/mol. The first-order chi connectivity index (χ1) is 6.49. The summed E-state index contributed by atoms with van der Waals surface area (Å²) in [4.78, 5) is 18.4. The highest BCUT2D eigenvalue weighted by Gasteiger charge is 2.22. The van der Waals surface area contributed by atoms with E-state index < -0.39 is 18.4 Å². The van der Waals surface area contributed by atoms with Gasteiger partial charge in [-0.2, -0.15) is 0 Å². The van der Waals surface area contributed by atoms with E-state index in [0.29, 0.717) is 0 Å². The van der Waals surface area contributed by atoms with Crippen molar-refractivity contribution in [2.75, 3.05) is 6.54 Å². The third kappa shape index (κ3) is 3.42. The van der Waals surface area contributed by atoms with E-state index in [2.05, 4.69) is 15.3 Å². The Morgan fingerprint density at radius 1 is 1.64 bits per heavy atom. The van der Waals surface area contributed by atoms with E-state index in [4.69, 9.17) is 0 Å². The van der Waals surface area contributed by atoms with E-state index in [0.717, 1.165) is 6.92 Å². The second-order valence-electron chi connectivity index (χ2n) is 2.85. The molecule has 6 heteroatoms. The Kier molecular flexibility index (Phi) is 3.06. The van der Waals surface area contributed by atoms with Crippen LogP contribution in [0.15, 0.2) is 18.6 Å². The van der Waals surface area contributed by atoms with Gasteiger partial charge in [0.1, 0.15) is 12.0 Å². The smallest absolute Gasteiger partial charge is 0.270 e. The number of aromatic nitrogens is 2. The lowest BCUT2D eigenvalue weighted by Gasteiger charge is -2.10. The summed E-state index contributed by atoms with van der Waals surface area (Å²) in [6.07, 6.45) is 2.55. The van der Waals surface area contributed by atoms with Crippen LogP contribution in [0.4, 0.5) is 8.78 Å². The van der Waals surface area contributed by atoms with Gasteiger partial charge in [-0.25, -0.2) is 18.7 Å². The molecule has 0 spiro atoms. The number of amides is 1. The fraction of sp³-hybridized carbons (Fsp3) is 0.375. The van der Waals surface area contributed by atoms with E-state index in [1.165, 1.54) is 18.6 Å². The average Bonchev–Trinajstić information content (AvgIpc) is 2.14. The Labute approximate surface area is 79.4 Å². The van der Waals surface area contributed by atoms with Crippen molar-refractivity contribution in [2.45, 2.75) is 12.8 Å². The van der Waals surface area contributed by atoms with Crippen molar-refractivity contribution in [3.63, 3.8) is 0 Å². The molecular weight excluding hydrogens is 192 g/mol. The highest BCUT2D eigenvalue weighted by Crippen LogP contribution is 2.08. The molecule has 4 nitrogen and oxygen atoms in total. The SMILES string of the molecule is CC(F)(F)CNC(=O)c1ccncn1. The maximum absolute atomic E-state index is 12.4. The third-order valence-corrected chi connectivity index (χ3v) is 1.37. The summed E-state index contributed by atoms with van der Waals surface area (Å²) in [7, 11) is 0. The molecule has 1 heterocycles. The summed E-state index contributed by atoms with van der Waals surface area (Å²) in [6, 6.07) is 1.35. The predicted molar refractivity (Wildman–Crippen MR) is 45.0 cm³/mol. The highest BCUT2D eigenvalue weighted by molar-refractivity contribution is 5.92. The van der Waals surface area contributed by atoms with Gasteiger partial charge in [0.2, 0.25) is 0 Å². The maximum atomic E-state index is 12.4. The Hall–Kier alpha value is -1.59. The Bertz CT molecular complexity index is 310. The molecule has 0 saturated heterocycles. The molecule has 1 aromatic heterocycles. The largest absolute Gasteiger partial charge is 0.345 e. The first kappa shape index (κ1) is 10.5. The quantitative estimate of drug-likeness (QED) is 0.789. The number of nitrogens with zero attached hydrogens (tertiary/aromatic N) is 2. The van der Waals surface area contributed by atoms with Gasteiger partial charge in [-0.15, -0.1) is 0 Å². The molecule has 1 aromatic rings. The molecule has 0 fully saturated rings. The fourth-order valence-electron chi connectivity index (χ4n) is 0.751. The van der Waals surface area contributed by atoms with Crippen LogP contribution in [0.1, 0.15) is 17.4 Å². The molecule has 1 rings (SSSR count). The molecule has 0 saturated carbocycles. The first-order valence-corrected chi connectivity index (χ1v) is 3.91. The molecule has 0 unspecified atom stereocenters. The van der Waals surface area contributed by atoms with Gasteiger partial charge < -0.3 is 5.32 Å². The average molecular weight is 201 g/mol. The van der Waals surface area contributed by atoms with Gasteiger partial charge in [-0.1, -0.05) is 0 Å². The normalized spacial score (nSPS) is 11.1. The summed E-state index contributed by atoms with van der Waals surface area (Å²) in [6.45, 7) is 0.0308. The number of alkyl halides is 2. The lowest BCUT2D eigenvalue weighted by molar-refractivity contribution is 0.0220. The number of hydrogen-bond donors (Lipinski definition) is 1. The van der Waals surface area contributed by atoms with Gasteiger partial charge in [0, 0.05) is 13.1 Å². The van der Waals surface area contributed by atoms with Gasteiger partial charge in [0.15, 0.2) is 0 Å². The van der Waals surface area contributed by atoms with Crippen LogP contribution in [0.5, 0.6) is 0 Å². The van der Waals surface area contributed by atoms with Gasteiger partial charge in [-0.3, -0.25) is 4.79 Å². The van der Waals surface area contributed by atoms with Crippen molar-refractivity contribution >= 4 is 5.91 Å². The number of carbonyl (C=O) groups excluding carboxylic acids is 1. The van der Waals surface area contributed by atoms with E-state index in [-0.39, 0.29) is 5.69 Å². The summed E-state index contributed by atoms with van der Waals surface area (Å²) in [5, 5.41) is 2.06. The lowest BCUT2D eigenvalue weighted by atomic mass is 10.3. The Morgan fingerprint density at radius 2 is 2.36 bits per heavy atom. The topological polar surface area (TPSA) is 54.9 Å². The molecule has 0 aliphatic heterocycles. The van der Waals surface area contributed by atoms with Gasteiger partial charge >= 0.3 is 0 Å². The van der Waals surface area contributed by atoms with Crippen molar-refractivity contribution in [1.82, 2.24) is 15.3 Å². The van der Waals surface area contributed by atoms with Crippen molar-refractivity contribution in [2.24, 2.45) is 0 Å². The minimum absolute atomic E-state index is 0.0734. The molecule has 0 atom stereocenters. The van der Waals surface area contributed by atoms with Crippen molar-refractivity contribution < 1.29 is 13.6 Å². The summed E-state index contributed by atoms with van der Waals surface area (Å²) in [5.41, 5.74) is 0.0734. The zero-order chi connectivity index (χ0) is 10.6. The van der Waals surface area contributed by atoms with E-state index in [1.807, 2.05) is 0 Å². The minimum atomic E-state index is -2.91. The molecule has 0 aliphatic carbocycles. The van der Waals surface area contributed by atoms with Crippen LogP contribution in [-0.4, -0.2) is 28.3 Å². The summed E-state index contributed by atoms with van der Waals surface area (Å²) < 4.78 is 24.7. The summed E-state index contributed by atoms with van der Waals surface area (Å²) in [5.74, 6) is -3.54. The molecule has 1 N–H and O–H groups in total. The fourth-order valence-corrected chi connectivity index (χ4v) is 0.751. The maximum Gasteiger partial charge on any atom is 0.270 e. The molecule has 14 heavy (non-hydrogen) atoms. The second-order valence-corrected chi connectivity index (χ2v) is 2.85. The molecule has 0 bridgehead atoms.